The highest BCUT2D eigenvalue weighted by Crippen LogP contribution is 2.26. The Labute approximate surface area is 210 Å². The minimum absolute atomic E-state index is 0.154. The molecule has 4 rings (SSSR count). The van der Waals surface area contributed by atoms with Crippen molar-refractivity contribution >= 4 is 22.6 Å². The molecule has 11 heteroatoms. The van der Waals surface area contributed by atoms with Gasteiger partial charge in [-0.25, -0.2) is 14.2 Å². The van der Waals surface area contributed by atoms with Crippen LogP contribution in [0.2, 0.25) is 0 Å². The van der Waals surface area contributed by atoms with Crippen LogP contribution in [0.3, 0.4) is 0 Å². The van der Waals surface area contributed by atoms with Gasteiger partial charge >= 0.3 is 5.97 Å². The van der Waals surface area contributed by atoms with Crippen molar-refractivity contribution in [3.63, 3.8) is 0 Å². The highest BCUT2D eigenvalue weighted by atomic mass is 19.1. The fourth-order valence-electron chi connectivity index (χ4n) is 3.49. The lowest BCUT2D eigenvalue weighted by Gasteiger charge is -2.12. The number of methoxy groups -OCH3 is 2. The summed E-state index contributed by atoms with van der Waals surface area (Å²) < 4.78 is 24.2. The first-order chi connectivity index (χ1) is 17.7. The molecule has 0 aliphatic rings. The third-order valence-electron chi connectivity index (χ3n) is 5.45. The number of fused-ring (bicyclic) bond motifs is 1. The number of primary amides is 1. The van der Waals surface area contributed by atoms with Gasteiger partial charge in [-0.1, -0.05) is 6.07 Å². The zero-order valence-electron chi connectivity index (χ0n) is 20.0. The number of nitrogens with two attached hydrogens (primary N) is 1. The van der Waals surface area contributed by atoms with E-state index in [0.29, 0.717) is 30.0 Å². The smallest absolute Gasteiger partial charge is 0.358 e. The van der Waals surface area contributed by atoms with Crippen LogP contribution in [0.5, 0.6) is 17.2 Å². The molecule has 0 bridgehead atoms. The predicted octanol–water partition coefficient (Wildman–Crippen LogP) is 2.98. The molecule has 1 amide bonds. The van der Waals surface area contributed by atoms with Crippen molar-refractivity contribution in [2.45, 2.75) is 13.0 Å². The number of amides is 1. The van der Waals surface area contributed by atoms with Crippen molar-refractivity contribution in [2.24, 2.45) is 5.73 Å². The lowest BCUT2D eigenvalue weighted by Crippen LogP contribution is -2.21. The summed E-state index contributed by atoms with van der Waals surface area (Å²) in [6.45, 7) is 0.374. The molecule has 37 heavy (non-hydrogen) atoms. The van der Waals surface area contributed by atoms with Crippen LogP contribution in [0.4, 0.5) is 4.39 Å². The van der Waals surface area contributed by atoms with E-state index in [-0.39, 0.29) is 22.1 Å². The SMILES string of the molecule is COc1ccc(CCn2ccc3c(O)c(C(=O)O)ncc3c2=O)c(OC)c1.NC(=O)c1ccc(F)cc1. The van der Waals surface area contributed by atoms with E-state index in [1.54, 1.807) is 20.3 Å². The van der Waals surface area contributed by atoms with E-state index in [0.717, 1.165) is 5.56 Å². The first-order valence-electron chi connectivity index (χ1n) is 10.9. The quantitative estimate of drug-likeness (QED) is 0.344. The molecular weight excluding hydrogens is 485 g/mol. The van der Waals surface area contributed by atoms with Crippen LogP contribution >= 0.6 is 0 Å². The van der Waals surface area contributed by atoms with E-state index in [1.807, 2.05) is 12.1 Å². The zero-order valence-corrected chi connectivity index (χ0v) is 20.0. The number of carboxylic acid groups (broad SMARTS) is 1. The van der Waals surface area contributed by atoms with Gasteiger partial charge in [0.15, 0.2) is 11.4 Å². The molecule has 2 aromatic heterocycles. The number of aromatic nitrogens is 2. The zero-order chi connectivity index (χ0) is 27.1. The van der Waals surface area contributed by atoms with Gasteiger partial charge in [-0.3, -0.25) is 9.59 Å². The van der Waals surface area contributed by atoms with E-state index in [4.69, 9.17) is 20.3 Å². The van der Waals surface area contributed by atoms with Crippen LogP contribution in [0.15, 0.2) is 65.7 Å². The van der Waals surface area contributed by atoms with Crippen molar-refractivity contribution in [3.8, 4) is 17.2 Å². The normalized spacial score (nSPS) is 10.4. The van der Waals surface area contributed by atoms with Crippen LogP contribution < -0.4 is 20.8 Å². The molecular formula is C26H24FN3O7. The first-order valence-corrected chi connectivity index (χ1v) is 10.9. The van der Waals surface area contributed by atoms with E-state index in [9.17, 15) is 23.9 Å². The molecule has 0 saturated heterocycles. The van der Waals surface area contributed by atoms with Gasteiger partial charge in [0.2, 0.25) is 5.91 Å². The highest BCUT2D eigenvalue weighted by Gasteiger charge is 2.16. The second-order valence-corrected chi connectivity index (χ2v) is 7.70. The number of benzene rings is 2. The molecule has 0 aliphatic carbocycles. The monoisotopic (exact) mass is 509 g/mol. The van der Waals surface area contributed by atoms with E-state index in [1.165, 1.54) is 47.3 Å². The van der Waals surface area contributed by atoms with Crippen molar-refractivity contribution in [2.75, 3.05) is 14.2 Å². The van der Waals surface area contributed by atoms with Crippen LogP contribution in [0, 0.1) is 5.82 Å². The number of ether oxygens (including phenoxy) is 2. The molecule has 0 saturated carbocycles. The molecule has 192 valence electrons. The highest BCUT2D eigenvalue weighted by molar-refractivity contribution is 5.97. The molecule has 4 N–H and O–H groups in total. The van der Waals surface area contributed by atoms with Gasteiger partial charge in [0.1, 0.15) is 17.3 Å². The number of pyridine rings is 2. The Kier molecular flexibility index (Phi) is 8.41. The minimum atomic E-state index is -1.36. The standard InChI is InChI=1S/C19H18N2O6.C7H6FNO/c1-26-12-4-3-11(15(9-12)27-2)5-7-21-8-6-13-14(18(21)23)10-20-16(17(13)22)19(24)25;8-6-3-1-5(2-4-6)7(9)10/h3-4,6,8-10,22H,5,7H2,1-2H3,(H,24,25);1-4H,(H2,9,10). The van der Waals surface area contributed by atoms with E-state index in [2.05, 4.69) is 4.98 Å². The van der Waals surface area contributed by atoms with Gasteiger partial charge < -0.3 is 30.0 Å². The third kappa shape index (κ3) is 6.20. The van der Waals surface area contributed by atoms with Gasteiger partial charge in [-0.05, 0) is 48.4 Å². The second-order valence-electron chi connectivity index (χ2n) is 7.70. The van der Waals surface area contributed by atoms with Gasteiger partial charge in [0.25, 0.3) is 5.56 Å². The Morgan fingerprint density at radius 2 is 1.76 bits per heavy atom. The van der Waals surface area contributed by atoms with Crippen LogP contribution in [-0.4, -0.2) is 45.9 Å². The summed E-state index contributed by atoms with van der Waals surface area (Å²) in [6.07, 6.45) is 3.22. The number of nitrogens with zero attached hydrogens (tertiary/aromatic N) is 2. The Hall–Kier alpha value is -4.93. The number of aromatic carboxylic acids is 1. The number of hydrogen-bond acceptors (Lipinski definition) is 7. The minimum Gasteiger partial charge on any atom is -0.505 e. The Balaban J connectivity index is 0.000000319. The summed E-state index contributed by atoms with van der Waals surface area (Å²) in [5, 5.41) is 19.4. The van der Waals surface area contributed by atoms with Crippen LogP contribution in [-0.2, 0) is 13.0 Å². The van der Waals surface area contributed by atoms with Gasteiger partial charge in [-0.15, -0.1) is 0 Å². The molecule has 2 heterocycles. The maximum Gasteiger partial charge on any atom is 0.358 e. The molecule has 0 unspecified atom stereocenters. The van der Waals surface area contributed by atoms with Gasteiger partial charge in [0, 0.05) is 36.0 Å². The molecule has 10 nitrogen and oxygen atoms in total. The molecule has 2 aromatic carbocycles. The number of carbonyl (C=O) groups excluding carboxylic acids is 1. The van der Waals surface area contributed by atoms with Crippen molar-refractivity contribution in [1.29, 1.82) is 0 Å². The topological polar surface area (TPSA) is 154 Å². The fraction of sp³-hybridized carbons (Fsp3) is 0.154. The lowest BCUT2D eigenvalue weighted by atomic mass is 10.1. The number of aryl methyl sites for hydroxylation is 2. The summed E-state index contributed by atoms with van der Waals surface area (Å²) in [6, 6.07) is 12.0. The Morgan fingerprint density at radius 1 is 1.05 bits per heavy atom. The predicted molar refractivity (Wildman–Crippen MR) is 133 cm³/mol. The van der Waals surface area contributed by atoms with Gasteiger partial charge in [0.05, 0.1) is 19.6 Å². The average Bonchev–Trinajstić information content (AvgIpc) is 2.89. The summed E-state index contributed by atoms with van der Waals surface area (Å²) in [5.41, 5.74) is 5.29. The molecule has 0 aliphatic heterocycles. The maximum atomic E-state index is 12.7. The summed E-state index contributed by atoms with van der Waals surface area (Å²) in [4.78, 5) is 37.8. The summed E-state index contributed by atoms with van der Waals surface area (Å²) >= 11 is 0. The summed E-state index contributed by atoms with van der Waals surface area (Å²) in [7, 11) is 3.14. The largest absolute Gasteiger partial charge is 0.505 e. The number of carboxylic acids is 1. The van der Waals surface area contributed by atoms with Crippen molar-refractivity contribution in [1.82, 2.24) is 9.55 Å². The van der Waals surface area contributed by atoms with Crippen molar-refractivity contribution in [3.05, 3.63) is 93.9 Å². The Bertz CT molecular complexity index is 1500. The Morgan fingerprint density at radius 3 is 2.35 bits per heavy atom. The fourth-order valence-corrected chi connectivity index (χ4v) is 3.49. The van der Waals surface area contributed by atoms with E-state index < -0.39 is 23.3 Å². The number of carbonyl (C=O) groups is 2. The molecule has 4 aromatic rings. The summed E-state index contributed by atoms with van der Waals surface area (Å²) in [5.74, 6) is -1.45. The first kappa shape index (κ1) is 26.7. The molecule has 0 radical (unpaired) electrons. The second kappa shape index (κ2) is 11.7. The average molecular weight is 509 g/mol. The van der Waals surface area contributed by atoms with E-state index >= 15 is 0 Å². The number of hydrogen-bond donors (Lipinski definition) is 3. The third-order valence-corrected chi connectivity index (χ3v) is 5.45. The van der Waals surface area contributed by atoms with Crippen LogP contribution in [0.1, 0.15) is 26.4 Å². The number of rotatable bonds is 7. The molecule has 0 fully saturated rings. The van der Waals surface area contributed by atoms with Crippen molar-refractivity contribution < 1.29 is 33.7 Å². The molecule has 0 spiro atoms. The maximum absolute atomic E-state index is 12.7. The number of halogens is 1. The lowest BCUT2D eigenvalue weighted by molar-refractivity contribution is 0.0687. The molecule has 0 atom stereocenters. The number of aromatic hydroxyl groups is 1. The van der Waals surface area contributed by atoms with Crippen LogP contribution in [0.25, 0.3) is 10.8 Å². The van der Waals surface area contributed by atoms with Gasteiger partial charge in [-0.2, -0.15) is 0 Å².